The average molecular weight is 488 g/mol. The van der Waals surface area contributed by atoms with Crippen LogP contribution in [0.3, 0.4) is 0 Å². The first-order valence-electron chi connectivity index (χ1n) is 12.3. The second-order valence-corrected chi connectivity index (χ2v) is 9.32. The van der Waals surface area contributed by atoms with Gasteiger partial charge in [-0.25, -0.2) is 4.79 Å². The maximum atomic E-state index is 13.8. The van der Waals surface area contributed by atoms with E-state index in [4.69, 9.17) is 5.73 Å². The van der Waals surface area contributed by atoms with Crippen LogP contribution in [-0.2, 0) is 6.54 Å². The highest BCUT2D eigenvalue weighted by Crippen LogP contribution is 2.25. The number of nitrogens with zero attached hydrogens (tertiary/aromatic N) is 3. The van der Waals surface area contributed by atoms with Crippen LogP contribution in [0.1, 0.15) is 48.0 Å². The van der Waals surface area contributed by atoms with Crippen LogP contribution in [0.15, 0.2) is 75.8 Å². The van der Waals surface area contributed by atoms with Crippen LogP contribution in [0, 0.1) is 0 Å². The van der Waals surface area contributed by atoms with Crippen molar-refractivity contribution in [2.75, 3.05) is 36.2 Å². The fourth-order valence-corrected chi connectivity index (χ4v) is 4.54. The van der Waals surface area contributed by atoms with Gasteiger partial charge >= 0.3 is 5.69 Å². The smallest absolute Gasteiger partial charge is 0.330 e. The Bertz CT molecular complexity index is 1370. The first-order valence-corrected chi connectivity index (χ1v) is 12.3. The molecule has 0 spiro atoms. The molecule has 8 nitrogen and oxygen atoms in total. The van der Waals surface area contributed by atoms with E-state index in [0.29, 0.717) is 12.0 Å². The molecule has 0 atom stereocenters. The Morgan fingerprint density at radius 2 is 1.83 bits per heavy atom. The lowest BCUT2D eigenvalue weighted by atomic mass is 9.97. The molecule has 0 aliphatic heterocycles. The number of nitrogens with two attached hydrogens (primary N) is 1. The zero-order valence-electron chi connectivity index (χ0n) is 20.9. The largest absolute Gasteiger partial charge is 0.383 e. The van der Waals surface area contributed by atoms with Crippen molar-refractivity contribution >= 4 is 23.1 Å². The van der Waals surface area contributed by atoms with Gasteiger partial charge < -0.3 is 15.5 Å². The van der Waals surface area contributed by atoms with Crippen LogP contribution >= 0.6 is 0 Å². The molecule has 8 heteroatoms. The van der Waals surface area contributed by atoms with Gasteiger partial charge in [-0.1, -0.05) is 48.0 Å². The number of carbonyl (C=O) groups is 1. The summed E-state index contributed by atoms with van der Waals surface area (Å²) in [5, 5.41) is 0. The van der Waals surface area contributed by atoms with Crippen molar-refractivity contribution in [2.24, 2.45) is 0 Å². The van der Waals surface area contributed by atoms with Crippen LogP contribution in [0.2, 0.25) is 0 Å². The predicted molar refractivity (Wildman–Crippen MR) is 145 cm³/mol. The van der Waals surface area contributed by atoms with Crippen LogP contribution in [-0.4, -0.2) is 36.1 Å². The minimum Gasteiger partial charge on any atom is -0.383 e. The molecule has 1 aliphatic rings. The van der Waals surface area contributed by atoms with Gasteiger partial charge in [0.25, 0.3) is 11.5 Å². The molecule has 0 saturated carbocycles. The van der Waals surface area contributed by atoms with Crippen molar-refractivity contribution in [1.82, 2.24) is 9.55 Å². The average Bonchev–Trinajstić information content (AvgIpc) is 2.89. The summed E-state index contributed by atoms with van der Waals surface area (Å²) >= 11 is 0. The highest BCUT2D eigenvalue weighted by Gasteiger charge is 2.26. The monoisotopic (exact) mass is 487 g/mol. The summed E-state index contributed by atoms with van der Waals surface area (Å²) < 4.78 is 1.31. The van der Waals surface area contributed by atoms with Gasteiger partial charge in [0.1, 0.15) is 5.82 Å². The molecular formula is C28H33N5O3. The van der Waals surface area contributed by atoms with Gasteiger partial charge in [0.15, 0.2) is 5.69 Å². The van der Waals surface area contributed by atoms with Crippen LogP contribution in [0.5, 0.6) is 0 Å². The van der Waals surface area contributed by atoms with Gasteiger partial charge in [-0.2, -0.15) is 0 Å². The molecule has 4 rings (SSSR count). The molecular weight excluding hydrogens is 454 g/mol. The van der Waals surface area contributed by atoms with E-state index in [1.165, 1.54) is 21.5 Å². The Morgan fingerprint density at radius 1 is 1.06 bits per heavy atom. The Labute approximate surface area is 210 Å². The second kappa shape index (κ2) is 11.1. The third-order valence-corrected chi connectivity index (χ3v) is 6.56. The van der Waals surface area contributed by atoms with E-state index in [9.17, 15) is 14.4 Å². The summed E-state index contributed by atoms with van der Waals surface area (Å²) in [6.45, 7) is 0.465. The summed E-state index contributed by atoms with van der Waals surface area (Å²) in [4.78, 5) is 45.4. The quantitative estimate of drug-likeness (QED) is 0.471. The number of benzene rings is 2. The fourth-order valence-electron chi connectivity index (χ4n) is 4.54. The summed E-state index contributed by atoms with van der Waals surface area (Å²) in [5.74, 6) is -0.362. The van der Waals surface area contributed by atoms with E-state index in [1.54, 1.807) is 12.1 Å². The Hall–Kier alpha value is -4.07. The third-order valence-electron chi connectivity index (χ3n) is 6.56. The van der Waals surface area contributed by atoms with Gasteiger partial charge in [0.2, 0.25) is 0 Å². The molecule has 0 saturated heterocycles. The molecule has 3 aromatic rings. The van der Waals surface area contributed by atoms with Crippen LogP contribution < -0.4 is 26.8 Å². The maximum Gasteiger partial charge on any atom is 0.330 e. The Balaban J connectivity index is 1.78. The molecule has 0 bridgehead atoms. The number of anilines is 3. The SMILES string of the molecule is CN(C)c1cccc(C(=O)N(CCC2=CCCCC2)c2c(N)n(Cc3ccccc3)c(=O)[nH]c2=O)c1. The van der Waals surface area contributed by atoms with Crippen molar-refractivity contribution in [1.29, 1.82) is 0 Å². The highest BCUT2D eigenvalue weighted by molar-refractivity contribution is 6.07. The zero-order valence-corrected chi connectivity index (χ0v) is 20.9. The number of aromatic nitrogens is 2. The van der Waals surface area contributed by atoms with Crippen molar-refractivity contribution in [3.05, 3.63) is 98.2 Å². The van der Waals surface area contributed by atoms with Gasteiger partial charge in [-0.05, 0) is 55.9 Å². The van der Waals surface area contributed by atoms with E-state index in [-0.39, 0.29) is 30.5 Å². The lowest BCUT2D eigenvalue weighted by Crippen LogP contribution is -2.42. The Kier molecular flexibility index (Phi) is 7.73. The summed E-state index contributed by atoms with van der Waals surface area (Å²) in [5.41, 5.74) is 8.62. The number of nitrogen functional groups attached to an aromatic ring is 1. The molecule has 1 amide bonds. The van der Waals surface area contributed by atoms with Gasteiger partial charge in [-0.3, -0.25) is 19.1 Å². The first kappa shape index (κ1) is 25.0. The Morgan fingerprint density at radius 3 is 2.53 bits per heavy atom. The number of aromatic amines is 1. The first-order chi connectivity index (χ1) is 17.3. The highest BCUT2D eigenvalue weighted by atomic mass is 16.2. The molecule has 0 fully saturated rings. The number of nitrogens with one attached hydrogen (secondary N) is 1. The minimum absolute atomic E-state index is 0.00203. The van der Waals surface area contributed by atoms with Crippen molar-refractivity contribution < 1.29 is 4.79 Å². The van der Waals surface area contributed by atoms with Crippen LogP contribution in [0.25, 0.3) is 0 Å². The number of H-pyrrole nitrogens is 1. The summed E-state index contributed by atoms with van der Waals surface area (Å²) in [6, 6.07) is 16.6. The molecule has 1 heterocycles. The van der Waals surface area contributed by atoms with E-state index in [2.05, 4.69) is 11.1 Å². The summed E-state index contributed by atoms with van der Waals surface area (Å²) in [7, 11) is 3.80. The molecule has 0 radical (unpaired) electrons. The number of rotatable bonds is 8. The topological polar surface area (TPSA) is 104 Å². The van der Waals surface area contributed by atoms with Gasteiger partial charge in [0.05, 0.1) is 6.54 Å². The predicted octanol–water partition coefficient (Wildman–Crippen LogP) is 3.77. The van der Waals surface area contributed by atoms with Crippen molar-refractivity contribution in [3.63, 3.8) is 0 Å². The van der Waals surface area contributed by atoms with Gasteiger partial charge in [-0.15, -0.1) is 0 Å². The van der Waals surface area contributed by atoms with E-state index >= 15 is 0 Å². The minimum atomic E-state index is -0.670. The standard InChI is InChI=1S/C28H33N5O3/c1-31(2)23-15-9-14-22(18-23)27(35)32(17-16-20-10-5-3-6-11-20)24-25(29)33(28(36)30-26(24)34)19-21-12-7-4-8-13-21/h4,7-10,12-15,18H,3,5-6,11,16-17,19,29H2,1-2H3,(H,30,34,36). The van der Waals surface area contributed by atoms with E-state index in [0.717, 1.165) is 30.5 Å². The second-order valence-electron chi connectivity index (χ2n) is 9.32. The molecule has 3 N–H and O–H groups in total. The van der Waals surface area contributed by atoms with Crippen LogP contribution in [0.4, 0.5) is 17.2 Å². The van der Waals surface area contributed by atoms with Crippen molar-refractivity contribution in [2.45, 2.75) is 38.6 Å². The number of allylic oxidation sites excluding steroid dienone is 1. The molecule has 1 aromatic heterocycles. The molecule has 1 aliphatic carbocycles. The number of carbonyl (C=O) groups excluding carboxylic acids is 1. The number of hydrogen-bond acceptors (Lipinski definition) is 5. The fraction of sp³-hybridized carbons (Fsp3) is 0.321. The lowest BCUT2D eigenvalue weighted by Gasteiger charge is -2.26. The summed E-state index contributed by atoms with van der Waals surface area (Å²) in [6.07, 6.45) is 7.16. The maximum absolute atomic E-state index is 13.8. The van der Waals surface area contributed by atoms with Gasteiger partial charge in [0, 0.05) is 31.9 Å². The molecule has 0 unspecified atom stereocenters. The molecule has 36 heavy (non-hydrogen) atoms. The molecule has 2 aromatic carbocycles. The molecule has 188 valence electrons. The number of hydrogen-bond donors (Lipinski definition) is 2. The van der Waals surface area contributed by atoms with Crippen molar-refractivity contribution in [3.8, 4) is 0 Å². The number of amides is 1. The van der Waals surface area contributed by atoms with E-state index < -0.39 is 11.2 Å². The third kappa shape index (κ3) is 5.59. The lowest BCUT2D eigenvalue weighted by molar-refractivity contribution is 0.0987. The normalized spacial score (nSPS) is 13.2. The zero-order chi connectivity index (χ0) is 25.7. The van der Waals surface area contributed by atoms with E-state index in [1.807, 2.05) is 61.5 Å².